The van der Waals surface area contributed by atoms with Crippen LogP contribution in [0.3, 0.4) is 0 Å². The fourth-order valence-electron chi connectivity index (χ4n) is 2.50. The number of carboxylic acid groups (broad SMARTS) is 1. The Morgan fingerprint density at radius 3 is 2.63 bits per heavy atom. The van der Waals surface area contributed by atoms with Gasteiger partial charge in [0.05, 0.1) is 5.92 Å². The number of benzene rings is 1. The molecule has 5 heteroatoms. The molecule has 0 spiro atoms. The molecule has 2 atom stereocenters. The van der Waals surface area contributed by atoms with Gasteiger partial charge in [0.15, 0.2) is 0 Å². The normalized spacial score (nSPS) is 22.2. The van der Waals surface area contributed by atoms with Crippen molar-refractivity contribution < 1.29 is 19.8 Å². The molecular formula is C14H17NO4. The third kappa shape index (κ3) is 3.05. The molecule has 19 heavy (non-hydrogen) atoms. The van der Waals surface area contributed by atoms with Gasteiger partial charge in [-0.1, -0.05) is 0 Å². The minimum Gasteiger partial charge on any atom is -0.508 e. The van der Waals surface area contributed by atoms with Crippen molar-refractivity contribution in [3.63, 3.8) is 0 Å². The number of carbonyl (C=O) groups is 2. The summed E-state index contributed by atoms with van der Waals surface area (Å²) in [6.45, 7) is 1.75. The Labute approximate surface area is 111 Å². The fourth-order valence-corrected chi connectivity index (χ4v) is 2.50. The first-order chi connectivity index (χ1) is 8.97. The van der Waals surface area contributed by atoms with Crippen molar-refractivity contribution in [2.45, 2.75) is 32.2 Å². The second-order valence-corrected chi connectivity index (χ2v) is 5.02. The quantitative estimate of drug-likeness (QED) is 0.774. The minimum atomic E-state index is -0.794. The Kier molecular flexibility index (Phi) is 3.74. The number of aromatic hydroxyl groups is 1. The number of hydrogen-bond donors (Lipinski definition) is 3. The molecule has 0 heterocycles. The van der Waals surface area contributed by atoms with Crippen LogP contribution in [0, 0.1) is 12.8 Å². The molecule has 0 radical (unpaired) electrons. The summed E-state index contributed by atoms with van der Waals surface area (Å²) in [5.74, 6) is -1.24. The number of amides is 1. The minimum absolute atomic E-state index is 0.0817. The number of hydrogen-bond acceptors (Lipinski definition) is 3. The molecule has 1 aliphatic rings. The molecule has 1 aromatic rings. The van der Waals surface area contributed by atoms with E-state index in [0.717, 1.165) is 0 Å². The first-order valence-corrected chi connectivity index (χ1v) is 6.30. The number of phenols is 1. The molecule has 1 saturated carbocycles. The third-order valence-electron chi connectivity index (χ3n) is 3.57. The van der Waals surface area contributed by atoms with Crippen LogP contribution in [0.25, 0.3) is 0 Å². The highest BCUT2D eigenvalue weighted by molar-refractivity contribution is 5.96. The van der Waals surface area contributed by atoms with Gasteiger partial charge in [0.1, 0.15) is 5.75 Å². The summed E-state index contributed by atoms with van der Waals surface area (Å²) in [5, 5.41) is 21.1. The van der Waals surface area contributed by atoms with Gasteiger partial charge in [0.25, 0.3) is 5.91 Å². The second-order valence-electron chi connectivity index (χ2n) is 5.02. The van der Waals surface area contributed by atoms with Crippen molar-refractivity contribution in [2.75, 3.05) is 0 Å². The molecular weight excluding hydrogens is 246 g/mol. The van der Waals surface area contributed by atoms with E-state index in [1.165, 1.54) is 12.1 Å². The van der Waals surface area contributed by atoms with E-state index in [9.17, 15) is 14.7 Å². The van der Waals surface area contributed by atoms with Crippen LogP contribution in [0.2, 0.25) is 0 Å². The third-order valence-corrected chi connectivity index (χ3v) is 3.57. The highest BCUT2D eigenvalue weighted by Crippen LogP contribution is 2.26. The Hall–Kier alpha value is -2.04. The standard InChI is InChI=1S/C14H17NO4/c1-8-6-11(16)4-5-12(8)13(17)15-10-3-2-9(7-10)14(18)19/h4-6,9-10,16H,2-3,7H2,1H3,(H,15,17)(H,18,19)/t9-,10+/m1/s1. The summed E-state index contributed by atoms with van der Waals surface area (Å²) in [6.07, 6.45) is 1.78. The zero-order chi connectivity index (χ0) is 14.0. The number of carboxylic acids is 1. The van der Waals surface area contributed by atoms with Crippen LogP contribution in [-0.4, -0.2) is 28.1 Å². The second kappa shape index (κ2) is 5.30. The van der Waals surface area contributed by atoms with Crippen LogP contribution in [-0.2, 0) is 4.79 Å². The summed E-state index contributed by atoms with van der Waals surface area (Å²) < 4.78 is 0. The molecule has 0 bridgehead atoms. The Morgan fingerprint density at radius 2 is 2.05 bits per heavy atom. The van der Waals surface area contributed by atoms with E-state index in [4.69, 9.17) is 5.11 Å². The van der Waals surface area contributed by atoms with Gasteiger partial charge in [-0.3, -0.25) is 9.59 Å². The maximum atomic E-state index is 12.1. The molecule has 3 N–H and O–H groups in total. The molecule has 0 unspecified atom stereocenters. The van der Waals surface area contributed by atoms with Crippen molar-refractivity contribution in [1.82, 2.24) is 5.32 Å². The highest BCUT2D eigenvalue weighted by atomic mass is 16.4. The SMILES string of the molecule is Cc1cc(O)ccc1C(=O)N[C@H]1CC[C@@H](C(=O)O)C1. The van der Waals surface area contributed by atoms with Gasteiger partial charge in [-0.25, -0.2) is 0 Å². The topological polar surface area (TPSA) is 86.6 Å². The van der Waals surface area contributed by atoms with Gasteiger partial charge >= 0.3 is 5.97 Å². The van der Waals surface area contributed by atoms with Crippen LogP contribution < -0.4 is 5.32 Å². The first kappa shape index (κ1) is 13.4. The van der Waals surface area contributed by atoms with Gasteiger partial charge in [-0.2, -0.15) is 0 Å². The van der Waals surface area contributed by atoms with Gasteiger partial charge in [0, 0.05) is 11.6 Å². The Morgan fingerprint density at radius 1 is 1.32 bits per heavy atom. The lowest BCUT2D eigenvalue weighted by molar-refractivity contribution is -0.141. The van der Waals surface area contributed by atoms with Gasteiger partial charge in [-0.05, 0) is 49.9 Å². The molecule has 0 saturated heterocycles. The van der Waals surface area contributed by atoms with Crippen LogP contribution in [0.1, 0.15) is 35.2 Å². The number of nitrogens with one attached hydrogen (secondary N) is 1. The van der Waals surface area contributed by atoms with Crippen molar-refractivity contribution in [3.8, 4) is 5.75 Å². The Bertz CT molecular complexity index is 512. The molecule has 1 aromatic carbocycles. The summed E-state index contributed by atoms with van der Waals surface area (Å²) in [7, 11) is 0. The lowest BCUT2D eigenvalue weighted by Crippen LogP contribution is -2.33. The molecule has 1 amide bonds. The van der Waals surface area contributed by atoms with Crippen molar-refractivity contribution in [3.05, 3.63) is 29.3 Å². The maximum absolute atomic E-state index is 12.1. The predicted octanol–water partition coefficient (Wildman–Crippen LogP) is 1.68. The lowest BCUT2D eigenvalue weighted by atomic mass is 10.1. The first-order valence-electron chi connectivity index (χ1n) is 6.30. The lowest BCUT2D eigenvalue weighted by Gasteiger charge is -2.13. The highest BCUT2D eigenvalue weighted by Gasteiger charge is 2.30. The van der Waals surface area contributed by atoms with E-state index in [2.05, 4.69) is 5.32 Å². The molecule has 2 rings (SSSR count). The molecule has 1 fully saturated rings. The maximum Gasteiger partial charge on any atom is 0.306 e. The summed E-state index contributed by atoms with van der Waals surface area (Å²) >= 11 is 0. The molecule has 102 valence electrons. The zero-order valence-electron chi connectivity index (χ0n) is 10.7. The van der Waals surface area contributed by atoms with E-state index in [1.54, 1.807) is 13.0 Å². The van der Waals surface area contributed by atoms with Gasteiger partial charge in [-0.15, -0.1) is 0 Å². The predicted molar refractivity (Wildman–Crippen MR) is 69.1 cm³/mol. The van der Waals surface area contributed by atoms with E-state index in [1.807, 2.05) is 0 Å². The zero-order valence-corrected chi connectivity index (χ0v) is 10.7. The van der Waals surface area contributed by atoms with E-state index in [0.29, 0.717) is 30.4 Å². The molecule has 1 aliphatic carbocycles. The number of rotatable bonds is 3. The van der Waals surface area contributed by atoms with Crippen molar-refractivity contribution >= 4 is 11.9 Å². The number of phenolic OH excluding ortho intramolecular Hbond substituents is 1. The van der Waals surface area contributed by atoms with E-state index in [-0.39, 0.29) is 23.6 Å². The monoisotopic (exact) mass is 263 g/mol. The fraction of sp³-hybridized carbons (Fsp3) is 0.429. The van der Waals surface area contributed by atoms with E-state index >= 15 is 0 Å². The average molecular weight is 263 g/mol. The number of aliphatic carboxylic acids is 1. The molecule has 0 aromatic heterocycles. The molecule has 5 nitrogen and oxygen atoms in total. The summed E-state index contributed by atoms with van der Waals surface area (Å²) in [5.41, 5.74) is 1.21. The van der Waals surface area contributed by atoms with Crippen LogP contribution in [0.15, 0.2) is 18.2 Å². The van der Waals surface area contributed by atoms with E-state index < -0.39 is 5.97 Å². The van der Waals surface area contributed by atoms with Crippen molar-refractivity contribution in [1.29, 1.82) is 0 Å². The summed E-state index contributed by atoms with van der Waals surface area (Å²) in [4.78, 5) is 22.9. The smallest absolute Gasteiger partial charge is 0.306 e. The molecule has 0 aliphatic heterocycles. The Balaban J connectivity index is 2.00. The average Bonchev–Trinajstić information content (AvgIpc) is 2.77. The van der Waals surface area contributed by atoms with Crippen LogP contribution in [0.4, 0.5) is 0 Å². The van der Waals surface area contributed by atoms with Gasteiger partial charge in [0.2, 0.25) is 0 Å². The van der Waals surface area contributed by atoms with Crippen molar-refractivity contribution in [2.24, 2.45) is 5.92 Å². The number of carbonyl (C=O) groups excluding carboxylic acids is 1. The largest absolute Gasteiger partial charge is 0.508 e. The van der Waals surface area contributed by atoms with Gasteiger partial charge < -0.3 is 15.5 Å². The van der Waals surface area contributed by atoms with Crippen LogP contribution in [0.5, 0.6) is 5.75 Å². The summed E-state index contributed by atoms with van der Waals surface area (Å²) in [6, 6.07) is 4.49. The number of aryl methyl sites for hydroxylation is 1. The van der Waals surface area contributed by atoms with Crippen LogP contribution >= 0.6 is 0 Å².